The fraction of sp³-hybridized carbons (Fsp3) is 0.500. The first kappa shape index (κ1) is 15.8. The second-order valence-corrected chi connectivity index (χ2v) is 5.84. The second-order valence-electron chi connectivity index (χ2n) is 5.00. The summed E-state index contributed by atoms with van der Waals surface area (Å²) in [6, 6.07) is 4.89. The molecule has 1 fully saturated rings. The molecule has 1 saturated heterocycles. The number of amides is 1. The fourth-order valence-corrected chi connectivity index (χ4v) is 3.23. The van der Waals surface area contributed by atoms with Crippen LogP contribution < -0.4 is 5.32 Å². The Morgan fingerprint density at radius 2 is 2.33 bits per heavy atom. The molecule has 1 aromatic carbocycles. The van der Waals surface area contributed by atoms with Crippen molar-refractivity contribution in [3.63, 3.8) is 0 Å². The molecule has 1 amide bonds. The quantitative estimate of drug-likeness (QED) is 0.512. The van der Waals surface area contributed by atoms with Gasteiger partial charge in [0.1, 0.15) is 0 Å². The molecule has 1 N–H and O–H groups in total. The highest BCUT2D eigenvalue weighted by Gasteiger charge is 2.29. The molecule has 1 aliphatic heterocycles. The number of thioether (sulfide) groups is 1. The Morgan fingerprint density at radius 1 is 1.57 bits per heavy atom. The number of nitrogens with one attached hydrogen (secondary N) is 1. The van der Waals surface area contributed by atoms with Gasteiger partial charge in [0.15, 0.2) is 0 Å². The zero-order valence-electron chi connectivity index (χ0n) is 12.2. The minimum absolute atomic E-state index is 0.00212. The molecule has 114 valence electrons. The van der Waals surface area contributed by atoms with Crippen LogP contribution in [0.25, 0.3) is 0 Å². The summed E-state index contributed by atoms with van der Waals surface area (Å²) in [7, 11) is 1.86. The summed E-state index contributed by atoms with van der Waals surface area (Å²) in [6.45, 7) is 1.46. The molecular weight excluding hydrogens is 290 g/mol. The van der Waals surface area contributed by atoms with E-state index in [2.05, 4.69) is 5.32 Å². The summed E-state index contributed by atoms with van der Waals surface area (Å²) in [5.74, 6) is -0.122. The lowest BCUT2D eigenvalue weighted by Gasteiger charge is -2.24. The van der Waals surface area contributed by atoms with E-state index in [1.165, 1.54) is 17.8 Å². The highest BCUT2D eigenvalue weighted by atomic mass is 32.2. The summed E-state index contributed by atoms with van der Waals surface area (Å²) < 4.78 is 0. The molecule has 0 radical (unpaired) electrons. The van der Waals surface area contributed by atoms with E-state index in [1.807, 2.05) is 11.9 Å². The number of likely N-dealkylation sites (N-methyl/N-ethyl adjacent to an activating group) is 1. The molecule has 0 aromatic heterocycles. The van der Waals surface area contributed by atoms with Gasteiger partial charge in [-0.2, -0.15) is 0 Å². The van der Waals surface area contributed by atoms with Crippen molar-refractivity contribution in [3.05, 3.63) is 33.9 Å². The van der Waals surface area contributed by atoms with Crippen molar-refractivity contribution in [2.75, 3.05) is 26.4 Å². The van der Waals surface area contributed by atoms with Gasteiger partial charge in [0.2, 0.25) is 0 Å². The maximum absolute atomic E-state index is 12.6. The molecule has 7 heteroatoms. The molecule has 6 nitrogen and oxygen atoms in total. The van der Waals surface area contributed by atoms with Gasteiger partial charge in [0.25, 0.3) is 11.6 Å². The summed E-state index contributed by atoms with van der Waals surface area (Å²) in [5.41, 5.74) is 0.389. The minimum atomic E-state index is -0.433. The zero-order valence-corrected chi connectivity index (χ0v) is 13.0. The van der Waals surface area contributed by atoms with E-state index in [0.717, 1.165) is 19.4 Å². The number of nitro groups is 1. The average molecular weight is 309 g/mol. The second kappa shape index (κ2) is 6.91. The van der Waals surface area contributed by atoms with E-state index >= 15 is 0 Å². The third-order valence-electron chi connectivity index (χ3n) is 3.70. The lowest BCUT2D eigenvalue weighted by Crippen LogP contribution is -2.40. The lowest BCUT2D eigenvalue weighted by atomic mass is 10.1. The SMILES string of the molecule is CNCC1CCCN1C(=O)c1ccc(SC)c([N+](=O)[O-])c1. The predicted octanol–water partition coefficient (Wildman–Crippen LogP) is 2.14. The van der Waals surface area contributed by atoms with E-state index in [9.17, 15) is 14.9 Å². The molecule has 0 aliphatic carbocycles. The normalized spacial score (nSPS) is 18.0. The average Bonchev–Trinajstić information content (AvgIpc) is 2.94. The van der Waals surface area contributed by atoms with Crippen molar-refractivity contribution in [2.24, 2.45) is 0 Å². The third-order valence-corrected chi connectivity index (χ3v) is 4.49. The number of nitro benzene ring substituents is 1. The highest BCUT2D eigenvalue weighted by Crippen LogP contribution is 2.29. The van der Waals surface area contributed by atoms with Crippen molar-refractivity contribution >= 4 is 23.4 Å². The molecule has 2 rings (SSSR count). The Hall–Kier alpha value is -1.60. The number of rotatable bonds is 5. The van der Waals surface area contributed by atoms with Crippen molar-refractivity contribution < 1.29 is 9.72 Å². The van der Waals surface area contributed by atoms with E-state index in [4.69, 9.17) is 0 Å². The van der Waals surface area contributed by atoms with Gasteiger partial charge in [0, 0.05) is 30.8 Å². The van der Waals surface area contributed by atoms with Crippen LogP contribution in [0.3, 0.4) is 0 Å². The standard InChI is InChI=1S/C14H19N3O3S/c1-15-9-11-4-3-7-16(11)14(18)10-5-6-13(21-2)12(8-10)17(19)20/h5-6,8,11,15H,3-4,7,9H2,1-2H3. The summed E-state index contributed by atoms with van der Waals surface area (Å²) in [5, 5.41) is 14.2. The van der Waals surface area contributed by atoms with Crippen LogP contribution in [0.5, 0.6) is 0 Å². The zero-order chi connectivity index (χ0) is 15.4. The van der Waals surface area contributed by atoms with Crippen LogP contribution in [0.1, 0.15) is 23.2 Å². The molecule has 1 aliphatic rings. The number of hydrogen-bond donors (Lipinski definition) is 1. The Balaban J connectivity index is 2.27. The molecule has 0 spiro atoms. The van der Waals surface area contributed by atoms with Gasteiger partial charge in [0.05, 0.1) is 9.82 Å². The number of carbonyl (C=O) groups excluding carboxylic acids is 1. The molecule has 1 unspecified atom stereocenters. The number of likely N-dealkylation sites (tertiary alicyclic amines) is 1. The Morgan fingerprint density at radius 3 is 2.95 bits per heavy atom. The number of nitrogens with zero attached hydrogens (tertiary/aromatic N) is 2. The van der Waals surface area contributed by atoms with Gasteiger partial charge in [-0.05, 0) is 38.3 Å². The largest absolute Gasteiger partial charge is 0.334 e. The summed E-state index contributed by atoms with van der Waals surface area (Å²) in [6.07, 6.45) is 3.73. The van der Waals surface area contributed by atoms with Crippen molar-refractivity contribution in [1.82, 2.24) is 10.2 Å². The van der Waals surface area contributed by atoms with Crippen molar-refractivity contribution in [3.8, 4) is 0 Å². The molecule has 0 saturated carbocycles. The van der Waals surface area contributed by atoms with Crippen molar-refractivity contribution in [2.45, 2.75) is 23.8 Å². The van der Waals surface area contributed by atoms with Crippen molar-refractivity contribution in [1.29, 1.82) is 0 Å². The lowest BCUT2D eigenvalue weighted by molar-refractivity contribution is -0.387. The fourth-order valence-electron chi connectivity index (χ4n) is 2.68. The Kier molecular flexibility index (Phi) is 5.19. The topological polar surface area (TPSA) is 75.5 Å². The smallest absolute Gasteiger partial charge is 0.283 e. The molecule has 1 heterocycles. The maximum atomic E-state index is 12.6. The summed E-state index contributed by atoms with van der Waals surface area (Å²) in [4.78, 5) is 25.6. The predicted molar refractivity (Wildman–Crippen MR) is 82.9 cm³/mol. The van der Waals surface area contributed by atoms with Gasteiger partial charge in [-0.25, -0.2) is 0 Å². The molecule has 0 bridgehead atoms. The van der Waals surface area contributed by atoms with E-state index < -0.39 is 4.92 Å². The van der Waals surface area contributed by atoms with Crippen LogP contribution in [0.2, 0.25) is 0 Å². The monoisotopic (exact) mass is 309 g/mol. The molecule has 21 heavy (non-hydrogen) atoms. The van der Waals surface area contributed by atoms with Gasteiger partial charge in [-0.3, -0.25) is 14.9 Å². The van der Waals surface area contributed by atoms with Crippen LogP contribution in [0.15, 0.2) is 23.1 Å². The van der Waals surface area contributed by atoms with Gasteiger partial charge >= 0.3 is 0 Å². The van der Waals surface area contributed by atoms with Gasteiger partial charge in [-0.15, -0.1) is 11.8 Å². The number of carbonyl (C=O) groups is 1. The number of benzene rings is 1. The molecule has 1 atom stereocenters. The van der Waals surface area contributed by atoms with E-state index in [0.29, 0.717) is 17.0 Å². The first-order valence-electron chi connectivity index (χ1n) is 6.86. The molecule has 1 aromatic rings. The van der Waals surface area contributed by atoms with Gasteiger partial charge in [-0.1, -0.05) is 0 Å². The van der Waals surface area contributed by atoms with Gasteiger partial charge < -0.3 is 10.2 Å². The van der Waals surface area contributed by atoms with E-state index in [-0.39, 0.29) is 17.6 Å². The first-order valence-corrected chi connectivity index (χ1v) is 8.09. The minimum Gasteiger partial charge on any atom is -0.334 e. The number of hydrogen-bond acceptors (Lipinski definition) is 5. The first-order chi connectivity index (χ1) is 10.1. The third kappa shape index (κ3) is 3.36. The van der Waals surface area contributed by atoms with Crippen LogP contribution in [-0.4, -0.2) is 48.2 Å². The Labute approximate surface area is 128 Å². The Bertz CT molecular complexity index is 550. The van der Waals surface area contributed by atoms with Crippen LogP contribution in [0.4, 0.5) is 5.69 Å². The van der Waals surface area contributed by atoms with E-state index in [1.54, 1.807) is 18.4 Å². The van der Waals surface area contributed by atoms with Crippen LogP contribution >= 0.6 is 11.8 Å². The summed E-state index contributed by atoms with van der Waals surface area (Å²) >= 11 is 1.31. The maximum Gasteiger partial charge on any atom is 0.283 e. The van der Waals surface area contributed by atoms with Crippen LogP contribution in [0, 0.1) is 10.1 Å². The van der Waals surface area contributed by atoms with Crippen LogP contribution in [-0.2, 0) is 0 Å². The molecular formula is C14H19N3O3S. The highest BCUT2D eigenvalue weighted by molar-refractivity contribution is 7.98.